The van der Waals surface area contributed by atoms with E-state index in [4.69, 9.17) is 4.74 Å². The van der Waals surface area contributed by atoms with Gasteiger partial charge in [0, 0.05) is 56.1 Å². The molecule has 0 spiro atoms. The quantitative estimate of drug-likeness (QED) is 0.313. The maximum Gasteiger partial charge on any atom is 0.389 e. The van der Waals surface area contributed by atoms with Gasteiger partial charge in [0.25, 0.3) is 5.91 Å². The molecule has 2 heterocycles. The number of benzene rings is 3. The molecule has 1 fully saturated rings. The zero-order chi connectivity index (χ0) is 32.0. The number of alkyl halides is 3. The molecule has 1 N–H and O–H groups in total. The van der Waals surface area contributed by atoms with Crippen molar-refractivity contribution >= 4 is 29.1 Å². The van der Waals surface area contributed by atoms with Crippen LogP contribution in [0.2, 0.25) is 0 Å². The van der Waals surface area contributed by atoms with Crippen molar-refractivity contribution in [2.75, 3.05) is 25.0 Å². The third-order valence-corrected chi connectivity index (χ3v) is 7.99. The van der Waals surface area contributed by atoms with Gasteiger partial charge < -0.3 is 19.9 Å². The first kappa shape index (κ1) is 31.7. The number of hydrogen-bond acceptors (Lipinski definition) is 5. The Labute approximate surface area is 259 Å². The van der Waals surface area contributed by atoms with Gasteiger partial charge in [-0.25, -0.2) is 4.99 Å². The smallest absolute Gasteiger partial charge is 0.389 e. The number of likely N-dealkylation sites (N-methyl/N-ethyl adjacent to an activating group) is 1. The lowest BCUT2D eigenvalue weighted by Crippen LogP contribution is -2.48. The number of hydrogen-bond donors (Lipinski definition) is 1. The van der Waals surface area contributed by atoms with E-state index in [0.717, 1.165) is 19.3 Å². The second-order valence-corrected chi connectivity index (χ2v) is 11.2. The van der Waals surface area contributed by atoms with Crippen molar-refractivity contribution in [2.24, 2.45) is 10.9 Å². The van der Waals surface area contributed by atoms with Crippen molar-refractivity contribution in [3.63, 3.8) is 0 Å². The number of nitrogens with one attached hydrogen (secondary N) is 1. The molecule has 3 aromatic rings. The minimum Gasteiger partial charge on any atom is -0.457 e. The van der Waals surface area contributed by atoms with E-state index in [-0.39, 0.29) is 12.3 Å². The topological polar surface area (TPSA) is 91.3 Å². The van der Waals surface area contributed by atoms with Gasteiger partial charge in [-0.3, -0.25) is 14.4 Å². The molecule has 45 heavy (non-hydrogen) atoms. The van der Waals surface area contributed by atoms with E-state index in [1.807, 2.05) is 48.5 Å². The Morgan fingerprint density at radius 2 is 1.62 bits per heavy atom. The van der Waals surface area contributed by atoms with E-state index >= 15 is 0 Å². The van der Waals surface area contributed by atoms with E-state index in [2.05, 4.69) is 10.3 Å². The standard InChI is InChI=1S/C34H35F3N4O4/c1-40-28-22-26(45-25-13-7-3-8-14-25)15-16-27(28)30(23-11-5-2-6-12-23)38-31(33(40)44)39-32(43)24(17-18-34(35,36)37)21-29(42)41-19-9-4-10-20-41/h2-3,5-8,11-16,22,24,31H,4,9-10,17-21H2,1H3,(H,39,43)/t24-,31-/m1/s1. The fourth-order valence-corrected chi connectivity index (χ4v) is 5.55. The summed E-state index contributed by atoms with van der Waals surface area (Å²) in [6, 6.07) is 23.5. The van der Waals surface area contributed by atoms with Gasteiger partial charge >= 0.3 is 6.18 Å². The van der Waals surface area contributed by atoms with Gasteiger partial charge in [-0.05, 0) is 49.9 Å². The van der Waals surface area contributed by atoms with E-state index < -0.39 is 42.9 Å². The summed E-state index contributed by atoms with van der Waals surface area (Å²) < 4.78 is 45.7. The Balaban J connectivity index is 1.45. The minimum atomic E-state index is -4.51. The van der Waals surface area contributed by atoms with Crippen LogP contribution >= 0.6 is 0 Å². The van der Waals surface area contributed by atoms with Gasteiger partial charge in [-0.2, -0.15) is 13.2 Å². The third-order valence-electron chi connectivity index (χ3n) is 7.99. The lowest BCUT2D eigenvalue weighted by Gasteiger charge is -2.29. The van der Waals surface area contributed by atoms with Crippen LogP contribution in [0.1, 0.15) is 49.7 Å². The summed E-state index contributed by atoms with van der Waals surface area (Å²) in [4.78, 5) is 48.0. The molecule has 0 aliphatic carbocycles. The van der Waals surface area contributed by atoms with Crippen molar-refractivity contribution < 1.29 is 32.3 Å². The molecule has 2 aliphatic rings. The van der Waals surface area contributed by atoms with Gasteiger partial charge in [0.2, 0.25) is 18.0 Å². The van der Waals surface area contributed by atoms with Crippen molar-refractivity contribution in [2.45, 2.75) is 50.9 Å². The van der Waals surface area contributed by atoms with Crippen LogP contribution in [0.15, 0.2) is 83.9 Å². The van der Waals surface area contributed by atoms with Crippen LogP contribution in [0, 0.1) is 5.92 Å². The number of ether oxygens (including phenoxy) is 1. The molecule has 5 rings (SSSR count). The fraction of sp³-hybridized carbons (Fsp3) is 0.353. The number of halogens is 3. The van der Waals surface area contributed by atoms with Gasteiger partial charge in [-0.15, -0.1) is 0 Å². The molecule has 0 aromatic heterocycles. The highest BCUT2D eigenvalue weighted by atomic mass is 19.4. The number of likely N-dealkylation sites (tertiary alicyclic amines) is 1. The van der Waals surface area contributed by atoms with Gasteiger partial charge in [0.15, 0.2) is 0 Å². The molecule has 8 nitrogen and oxygen atoms in total. The van der Waals surface area contributed by atoms with E-state index in [1.54, 1.807) is 35.2 Å². The number of piperidine rings is 1. The van der Waals surface area contributed by atoms with Gasteiger partial charge in [-0.1, -0.05) is 48.5 Å². The van der Waals surface area contributed by atoms with Crippen molar-refractivity contribution in [1.29, 1.82) is 0 Å². The lowest BCUT2D eigenvalue weighted by molar-refractivity contribution is -0.146. The number of rotatable bonds is 9. The molecule has 2 atom stereocenters. The summed E-state index contributed by atoms with van der Waals surface area (Å²) in [5, 5.41) is 2.59. The SMILES string of the molecule is CN1C(=O)[C@@H](NC(=O)[C@H](CCC(F)(F)F)CC(=O)N2CCCCC2)N=C(c2ccccc2)c2ccc(Oc3ccccc3)cc21. The number of para-hydroxylation sites is 1. The van der Waals surface area contributed by atoms with Crippen LogP contribution in [0.5, 0.6) is 11.5 Å². The van der Waals surface area contributed by atoms with Crippen molar-refractivity contribution in [3.8, 4) is 11.5 Å². The molecular weight excluding hydrogens is 585 g/mol. The van der Waals surface area contributed by atoms with Crippen LogP contribution in [0.3, 0.4) is 0 Å². The van der Waals surface area contributed by atoms with Crippen LogP contribution in [0.4, 0.5) is 18.9 Å². The van der Waals surface area contributed by atoms with Crippen molar-refractivity contribution in [1.82, 2.24) is 10.2 Å². The monoisotopic (exact) mass is 620 g/mol. The van der Waals surface area contributed by atoms with Crippen LogP contribution < -0.4 is 15.0 Å². The molecule has 3 aromatic carbocycles. The number of nitrogens with zero attached hydrogens (tertiary/aromatic N) is 3. The molecule has 3 amide bonds. The maximum atomic E-state index is 13.8. The number of amides is 3. The van der Waals surface area contributed by atoms with Crippen LogP contribution in [0.25, 0.3) is 0 Å². The molecule has 0 saturated carbocycles. The second-order valence-electron chi connectivity index (χ2n) is 11.2. The average molecular weight is 621 g/mol. The first-order chi connectivity index (χ1) is 21.6. The zero-order valence-corrected chi connectivity index (χ0v) is 24.9. The zero-order valence-electron chi connectivity index (χ0n) is 24.9. The molecule has 0 bridgehead atoms. The highest BCUT2D eigenvalue weighted by Crippen LogP contribution is 2.33. The molecule has 11 heteroatoms. The lowest BCUT2D eigenvalue weighted by atomic mass is 9.96. The molecule has 0 unspecified atom stereocenters. The number of anilines is 1. The van der Waals surface area contributed by atoms with E-state index in [0.29, 0.717) is 47.1 Å². The van der Waals surface area contributed by atoms with Crippen LogP contribution in [-0.4, -0.2) is 60.8 Å². The van der Waals surface area contributed by atoms with E-state index in [1.165, 1.54) is 11.9 Å². The molecule has 1 saturated heterocycles. The number of carbonyl (C=O) groups excluding carboxylic acids is 3. The summed E-state index contributed by atoms with van der Waals surface area (Å²) in [6.07, 6.45) is -5.55. The Morgan fingerprint density at radius 1 is 0.956 bits per heavy atom. The Morgan fingerprint density at radius 3 is 2.29 bits per heavy atom. The number of fused-ring (bicyclic) bond motifs is 1. The minimum absolute atomic E-state index is 0.367. The largest absolute Gasteiger partial charge is 0.457 e. The first-order valence-corrected chi connectivity index (χ1v) is 15.0. The predicted octanol–water partition coefficient (Wildman–Crippen LogP) is 6.10. The fourth-order valence-electron chi connectivity index (χ4n) is 5.55. The molecule has 0 radical (unpaired) electrons. The average Bonchev–Trinajstić information content (AvgIpc) is 3.14. The molecule has 2 aliphatic heterocycles. The van der Waals surface area contributed by atoms with Gasteiger partial charge in [0.05, 0.1) is 11.4 Å². The van der Waals surface area contributed by atoms with Crippen molar-refractivity contribution in [3.05, 3.63) is 90.0 Å². The molecule has 236 valence electrons. The summed E-state index contributed by atoms with van der Waals surface area (Å²) in [7, 11) is 1.54. The first-order valence-electron chi connectivity index (χ1n) is 15.0. The Kier molecular flexibility index (Phi) is 9.85. The normalized spacial score (nSPS) is 17.6. The molecular formula is C34H35F3N4O4. The predicted molar refractivity (Wildman–Crippen MR) is 164 cm³/mol. The second kappa shape index (κ2) is 14.0. The van der Waals surface area contributed by atoms with Crippen LogP contribution in [-0.2, 0) is 14.4 Å². The van der Waals surface area contributed by atoms with Gasteiger partial charge in [0.1, 0.15) is 11.5 Å². The number of benzodiazepines with no additional fused rings is 1. The highest BCUT2D eigenvalue weighted by molar-refractivity contribution is 6.20. The summed E-state index contributed by atoms with van der Waals surface area (Å²) in [6.45, 7) is 1.02. The highest BCUT2D eigenvalue weighted by Gasteiger charge is 2.36. The summed E-state index contributed by atoms with van der Waals surface area (Å²) >= 11 is 0. The third kappa shape index (κ3) is 8.09. The Hall–Kier alpha value is -4.67. The number of carbonyl (C=O) groups is 3. The Bertz CT molecular complexity index is 1540. The summed E-state index contributed by atoms with van der Waals surface area (Å²) in [5.74, 6) is -2.00. The number of aliphatic imine (C=N–C) groups is 1. The maximum absolute atomic E-state index is 13.8. The van der Waals surface area contributed by atoms with E-state index in [9.17, 15) is 27.6 Å². The summed E-state index contributed by atoms with van der Waals surface area (Å²) in [5.41, 5.74) is 2.16.